The molecule has 2 aromatic rings. The lowest BCUT2D eigenvalue weighted by molar-refractivity contribution is 0.0311. The van der Waals surface area contributed by atoms with E-state index in [0.29, 0.717) is 18.7 Å². The Labute approximate surface area is 127 Å². The third-order valence-electron chi connectivity index (χ3n) is 4.35. The molecule has 1 aromatic heterocycles. The standard InChI is InChI=1S/C16H18N2O2S/c19-16(15-7-11-3-1-2-4-14(11)21-15)17-5-6-18-9-13-8-12(18)10-20-13/h1-4,7,12-13H,5-6,8-10H2,(H,17,19). The van der Waals surface area contributed by atoms with Gasteiger partial charge in [-0.05, 0) is 23.9 Å². The Hall–Kier alpha value is -1.43. The molecule has 110 valence electrons. The lowest BCUT2D eigenvalue weighted by atomic mass is 10.2. The lowest BCUT2D eigenvalue weighted by Crippen LogP contribution is -2.41. The SMILES string of the molecule is O=C(NCCN1CC2CC1CO2)c1cc2ccccc2s1. The van der Waals surface area contributed by atoms with E-state index in [9.17, 15) is 4.79 Å². The Morgan fingerprint density at radius 3 is 3.10 bits per heavy atom. The minimum Gasteiger partial charge on any atom is -0.375 e. The zero-order valence-corrected chi connectivity index (χ0v) is 12.6. The second kappa shape index (κ2) is 5.40. The van der Waals surface area contributed by atoms with Crippen molar-refractivity contribution >= 4 is 27.3 Å². The van der Waals surface area contributed by atoms with Crippen molar-refractivity contribution in [2.75, 3.05) is 26.2 Å². The maximum Gasteiger partial charge on any atom is 0.261 e. The van der Waals surface area contributed by atoms with E-state index in [2.05, 4.69) is 16.3 Å². The normalized spacial score (nSPS) is 24.8. The maximum atomic E-state index is 12.2. The Morgan fingerprint density at radius 2 is 2.33 bits per heavy atom. The van der Waals surface area contributed by atoms with E-state index in [4.69, 9.17) is 4.74 Å². The number of hydrogen-bond donors (Lipinski definition) is 1. The number of nitrogens with one attached hydrogen (secondary N) is 1. The van der Waals surface area contributed by atoms with Crippen molar-refractivity contribution in [2.24, 2.45) is 0 Å². The van der Waals surface area contributed by atoms with E-state index in [1.165, 1.54) is 0 Å². The smallest absolute Gasteiger partial charge is 0.261 e. The van der Waals surface area contributed by atoms with Gasteiger partial charge in [-0.15, -0.1) is 11.3 Å². The van der Waals surface area contributed by atoms with E-state index in [1.54, 1.807) is 11.3 Å². The van der Waals surface area contributed by atoms with Gasteiger partial charge in [-0.2, -0.15) is 0 Å². The molecule has 0 radical (unpaired) electrons. The Bertz CT molecular complexity index is 636. The highest BCUT2D eigenvalue weighted by atomic mass is 32.1. The van der Waals surface area contributed by atoms with Gasteiger partial charge in [0.2, 0.25) is 0 Å². The highest BCUT2D eigenvalue weighted by Gasteiger charge is 2.38. The summed E-state index contributed by atoms with van der Waals surface area (Å²) in [6.45, 7) is 3.50. The van der Waals surface area contributed by atoms with E-state index in [-0.39, 0.29) is 5.91 Å². The molecule has 2 unspecified atom stereocenters. The van der Waals surface area contributed by atoms with Crippen LogP contribution in [-0.4, -0.2) is 49.2 Å². The minimum absolute atomic E-state index is 0.0387. The van der Waals surface area contributed by atoms with Crippen LogP contribution in [0.1, 0.15) is 16.1 Å². The van der Waals surface area contributed by atoms with Crippen LogP contribution >= 0.6 is 11.3 Å². The van der Waals surface area contributed by atoms with Crippen molar-refractivity contribution in [3.8, 4) is 0 Å². The average molecular weight is 302 g/mol. The molecule has 5 heteroatoms. The molecular weight excluding hydrogens is 284 g/mol. The van der Waals surface area contributed by atoms with Gasteiger partial charge in [-0.3, -0.25) is 9.69 Å². The lowest BCUT2D eigenvalue weighted by Gasteiger charge is -2.26. The van der Waals surface area contributed by atoms with E-state index >= 15 is 0 Å². The van der Waals surface area contributed by atoms with Gasteiger partial charge in [-0.25, -0.2) is 0 Å². The molecule has 2 aliphatic rings. The molecule has 3 heterocycles. The van der Waals surface area contributed by atoms with Gasteiger partial charge in [0, 0.05) is 30.4 Å². The fourth-order valence-corrected chi connectivity index (χ4v) is 4.23. The first-order chi connectivity index (χ1) is 10.3. The van der Waals surface area contributed by atoms with Crippen LogP contribution in [0.25, 0.3) is 10.1 Å². The molecule has 1 N–H and O–H groups in total. The van der Waals surface area contributed by atoms with Crippen molar-refractivity contribution in [3.63, 3.8) is 0 Å². The second-order valence-electron chi connectivity index (χ2n) is 5.74. The van der Waals surface area contributed by atoms with Crippen molar-refractivity contribution in [1.29, 1.82) is 0 Å². The zero-order valence-electron chi connectivity index (χ0n) is 11.7. The van der Waals surface area contributed by atoms with Crippen molar-refractivity contribution in [3.05, 3.63) is 35.2 Å². The van der Waals surface area contributed by atoms with Gasteiger partial charge in [0.15, 0.2) is 0 Å². The largest absolute Gasteiger partial charge is 0.375 e. The van der Waals surface area contributed by atoms with E-state index < -0.39 is 0 Å². The van der Waals surface area contributed by atoms with Crippen LogP contribution in [0.3, 0.4) is 0 Å². The molecule has 21 heavy (non-hydrogen) atoms. The molecule has 4 nitrogen and oxygen atoms in total. The topological polar surface area (TPSA) is 41.6 Å². The first-order valence-electron chi connectivity index (χ1n) is 7.42. The molecule has 2 saturated heterocycles. The fraction of sp³-hybridized carbons (Fsp3) is 0.438. The van der Waals surface area contributed by atoms with Crippen LogP contribution in [0.15, 0.2) is 30.3 Å². The average Bonchev–Trinajstić information content (AvgIpc) is 3.21. The number of thiophene rings is 1. The van der Waals surface area contributed by atoms with Crippen LogP contribution in [-0.2, 0) is 4.74 Å². The summed E-state index contributed by atoms with van der Waals surface area (Å²) in [7, 11) is 0. The van der Waals surface area contributed by atoms with Gasteiger partial charge >= 0.3 is 0 Å². The third kappa shape index (κ3) is 2.57. The fourth-order valence-electron chi connectivity index (χ4n) is 3.25. The monoisotopic (exact) mass is 302 g/mol. The van der Waals surface area contributed by atoms with Crippen LogP contribution in [0.2, 0.25) is 0 Å². The van der Waals surface area contributed by atoms with Crippen LogP contribution < -0.4 is 5.32 Å². The van der Waals surface area contributed by atoms with Gasteiger partial charge in [0.1, 0.15) is 0 Å². The second-order valence-corrected chi connectivity index (χ2v) is 6.83. The Kier molecular flexibility index (Phi) is 3.41. The maximum absolute atomic E-state index is 12.2. The first kappa shape index (κ1) is 13.2. The third-order valence-corrected chi connectivity index (χ3v) is 5.46. The van der Waals surface area contributed by atoms with Crippen molar-refractivity contribution in [1.82, 2.24) is 10.2 Å². The highest BCUT2D eigenvalue weighted by Crippen LogP contribution is 2.27. The number of amides is 1. The van der Waals surface area contributed by atoms with Crippen molar-refractivity contribution in [2.45, 2.75) is 18.6 Å². The summed E-state index contributed by atoms with van der Waals surface area (Å²) in [6, 6.07) is 10.6. The Morgan fingerprint density at radius 1 is 1.43 bits per heavy atom. The summed E-state index contributed by atoms with van der Waals surface area (Å²) in [5.74, 6) is 0.0387. The summed E-state index contributed by atoms with van der Waals surface area (Å²) in [5.41, 5.74) is 0. The number of likely N-dealkylation sites (tertiary alicyclic amines) is 1. The summed E-state index contributed by atoms with van der Waals surface area (Å²) in [4.78, 5) is 15.4. The predicted octanol–water partition coefficient (Wildman–Crippen LogP) is 2.10. The number of morpholine rings is 1. The summed E-state index contributed by atoms with van der Waals surface area (Å²) < 4.78 is 6.75. The van der Waals surface area contributed by atoms with Gasteiger partial charge in [0.05, 0.1) is 17.6 Å². The minimum atomic E-state index is 0.0387. The van der Waals surface area contributed by atoms with Crippen molar-refractivity contribution < 1.29 is 9.53 Å². The number of fused-ring (bicyclic) bond motifs is 3. The predicted molar refractivity (Wildman–Crippen MR) is 83.9 cm³/mol. The number of carbonyl (C=O) groups excluding carboxylic acids is 1. The highest BCUT2D eigenvalue weighted by molar-refractivity contribution is 7.20. The molecule has 0 saturated carbocycles. The molecular formula is C16H18N2O2S. The number of benzene rings is 1. The molecule has 1 aromatic carbocycles. The molecule has 2 atom stereocenters. The van der Waals surface area contributed by atoms with E-state index in [0.717, 1.165) is 41.1 Å². The molecule has 0 spiro atoms. The molecule has 1 amide bonds. The first-order valence-corrected chi connectivity index (χ1v) is 8.24. The number of ether oxygens (including phenoxy) is 1. The number of rotatable bonds is 4. The van der Waals surface area contributed by atoms with Gasteiger partial charge in [0.25, 0.3) is 5.91 Å². The van der Waals surface area contributed by atoms with Crippen LogP contribution in [0.5, 0.6) is 0 Å². The summed E-state index contributed by atoms with van der Waals surface area (Å²) in [6.07, 6.45) is 1.58. The van der Waals surface area contributed by atoms with Crippen LogP contribution in [0, 0.1) is 0 Å². The molecule has 2 fully saturated rings. The quantitative estimate of drug-likeness (QED) is 0.940. The van der Waals surface area contributed by atoms with Gasteiger partial charge in [-0.1, -0.05) is 18.2 Å². The van der Waals surface area contributed by atoms with Gasteiger partial charge < -0.3 is 10.1 Å². The number of carbonyl (C=O) groups is 1. The summed E-state index contributed by atoms with van der Waals surface area (Å²) >= 11 is 1.55. The van der Waals surface area contributed by atoms with Crippen LogP contribution in [0.4, 0.5) is 0 Å². The Balaban J connectivity index is 1.33. The van der Waals surface area contributed by atoms with E-state index in [1.807, 2.05) is 24.3 Å². The number of nitrogens with zero attached hydrogens (tertiary/aromatic N) is 1. The zero-order chi connectivity index (χ0) is 14.2. The molecule has 2 bridgehead atoms. The summed E-state index contributed by atoms with van der Waals surface area (Å²) in [5, 5.41) is 4.18. The molecule has 0 aliphatic carbocycles. The molecule has 2 aliphatic heterocycles. The molecule has 4 rings (SSSR count). The number of hydrogen-bond acceptors (Lipinski definition) is 4.